The Kier molecular flexibility index (Phi) is 8.95. The van der Waals surface area contributed by atoms with Gasteiger partial charge < -0.3 is 9.64 Å². The van der Waals surface area contributed by atoms with Crippen molar-refractivity contribution in [3.63, 3.8) is 0 Å². The van der Waals surface area contributed by atoms with Crippen LogP contribution in [-0.4, -0.2) is 37.7 Å². The molecule has 0 N–H and O–H groups in total. The molecule has 0 aromatic rings. The summed E-state index contributed by atoms with van der Waals surface area (Å²) in [5.74, 6) is 0. The van der Waals surface area contributed by atoms with Gasteiger partial charge in [0.25, 0.3) is 0 Å². The third-order valence-corrected chi connectivity index (χ3v) is 2.17. The molecule has 12 heavy (non-hydrogen) atoms. The third kappa shape index (κ3) is 6.62. The molecule has 1 rings (SSSR count). The highest BCUT2D eigenvalue weighted by Gasteiger charge is 1.94. The summed E-state index contributed by atoms with van der Waals surface area (Å²) in [5, 5.41) is 0. The monoisotopic (exact) mass is 173 g/mol. The number of ether oxygens (including phenoxy) is 1. The van der Waals surface area contributed by atoms with Crippen LogP contribution in [0.1, 0.15) is 33.6 Å². The molecule has 0 saturated carbocycles. The van der Waals surface area contributed by atoms with Gasteiger partial charge in [-0.25, -0.2) is 0 Å². The van der Waals surface area contributed by atoms with Gasteiger partial charge in [0.2, 0.25) is 0 Å². The molecule has 1 aliphatic heterocycles. The van der Waals surface area contributed by atoms with Crippen molar-refractivity contribution in [2.24, 2.45) is 0 Å². The van der Waals surface area contributed by atoms with Crippen LogP contribution in [0.3, 0.4) is 0 Å². The topological polar surface area (TPSA) is 12.5 Å². The van der Waals surface area contributed by atoms with Crippen LogP contribution < -0.4 is 0 Å². The lowest BCUT2D eigenvalue weighted by Gasteiger charge is -2.13. The zero-order valence-electron chi connectivity index (χ0n) is 8.81. The second-order valence-electron chi connectivity index (χ2n) is 2.94. The smallest absolute Gasteiger partial charge is 0.0466 e. The van der Waals surface area contributed by atoms with Crippen LogP contribution >= 0.6 is 0 Å². The highest BCUT2D eigenvalue weighted by atomic mass is 16.5. The molecule has 0 atom stereocenters. The fourth-order valence-corrected chi connectivity index (χ4v) is 1.18. The van der Waals surface area contributed by atoms with Crippen LogP contribution in [0.2, 0.25) is 0 Å². The van der Waals surface area contributed by atoms with Gasteiger partial charge in [0.1, 0.15) is 0 Å². The van der Waals surface area contributed by atoms with Crippen molar-refractivity contribution in [3.8, 4) is 0 Å². The first kappa shape index (κ1) is 11.9. The molecule has 1 aliphatic rings. The summed E-state index contributed by atoms with van der Waals surface area (Å²) in [6, 6.07) is 0. The highest BCUT2D eigenvalue weighted by molar-refractivity contribution is 4.44. The molecule has 1 heterocycles. The number of hydrogen-bond donors (Lipinski definition) is 0. The number of rotatable bonds is 3. The lowest BCUT2D eigenvalue weighted by molar-refractivity contribution is 0.198. The van der Waals surface area contributed by atoms with Gasteiger partial charge in [-0.15, -0.1) is 0 Å². The van der Waals surface area contributed by atoms with Crippen molar-refractivity contribution in [1.29, 1.82) is 0 Å². The van der Waals surface area contributed by atoms with E-state index >= 15 is 0 Å². The molecular formula is C10H23NO. The minimum Gasteiger partial charge on any atom is -0.381 e. The molecule has 1 saturated heterocycles. The Balaban J connectivity index is 0.000000211. The molecule has 74 valence electrons. The van der Waals surface area contributed by atoms with Crippen LogP contribution in [0.15, 0.2) is 0 Å². The molecule has 1 fully saturated rings. The Morgan fingerprint density at radius 1 is 0.917 bits per heavy atom. The van der Waals surface area contributed by atoms with Gasteiger partial charge in [0.15, 0.2) is 0 Å². The summed E-state index contributed by atoms with van der Waals surface area (Å²) in [4.78, 5) is 2.38. The van der Waals surface area contributed by atoms with E-state index in [-0.39, 0.29) is 0 Å². The van der Waals surface area contributed by atoms with E-state index in [9.17, 15) is 0 Å². The van der Waals surface area contributed by atoms with Gasteiger partial charge in [-0.3, -0.25) is 0 Å². The highest BCUT2D eigenvalue weighted by Crippen LogP contribution is 1.98. The summed E-state index contributed by atoms with van der Waals surface area (Å²) in [6.07, 6.45) is 2.56. The fraction of sp³-hybridized carbons (Fsp3) is 1.00. The Hall–Kier alpha value is -0.0800. The lowest BCUT2D eigenvalue weighted by atomic mass is 10.4. The summed E-state index contributed by atoms with van der Waals surface area (Å²) < 4.78 is 4.94. The van der Waals surface area contributed by atoms with Crippen molar-refractivity contribution in [2.75, 3.05) is 32.8 Å². The van der Waals surface area contributed by atoms with Crippen molar-refractivity contribution < 1.29 is 4.74 Å². The molecule has 2 heteroatoms. The van der Waals surface area contributed by atoms with Gasteiger partial charge in [0.05, 0.1) is 0 Å². The quantitative estimate of drug-likeness (QED) is 0.648. The van der Waals surface area contributed by atoms with E-state index in [2.05, 4.69) is 25.7 Å². The van der Waals surface area contributed by atoms with Crippen molar-refractivity contribution in [2.45, 2.75) is 33.6 Å². The SMILES string of the molecule is C1CCOC1.CCN(CC)CC. The summed E-state index contributed by atoms with van der Waals surface area (Å²) in [7, 11) is 0. The van der Waals surface area contributed by atoms with E-state index in [0.29, 0.717) is 0 Å². The first-order chi connectivity index (χ1) is 5.85. The Labute approximate surface area is 76.9 Å². The summed E-state index contributed by atoms with van der Waals surface area (Å²) in [5.41, 5.74) is 0. The molecule has 0 spiro atoms. The zero-order valence-corrected chi connectivity index (χ0v) is 8.81. The van der Waals surface area contributed by atoms with Gasteiger partial charge in [-0.05, 0) is 32.5 Å². The minimum absolute atomic E-state index is 1.00. The van der Waals surface area contributed by atoms with Gasteiger partial charge in [0, 0.05) is 13.2 Å². The van der Waals surface area contributed by atoms with E-state index < -0.39 is 0 Å². The van der Waals surface area contributed by atoms with Crippen LogP contribution in [0.5, 0.6) is 0 Å². The minimum atomic E-state index is 1.00. The molecule has 0 amide bonds. The fourth-order valence-electron chi connectivity index (χ4n) is 1.18. The van der Waals surface area contributed by atoms with Crippen LogP contribution in [0.25, 0.3) is 0 Å². The molecule has 0 aromatic carbocycles. The number of nitrogens with zero attached hydrogens (tertiary/aromatic N) is 1. The van der Waals surface area contributed by atoms with Gasteiger partial charge >= 0.3 is 0 Å². The lowest BCUT2D eigenvalue weighted by Crippen LogP contribution is -2.21. The summed E-state index contributed by atoms with van der Waals surface area (Å²) in [6.45, 7) is 12.1. The molecule has 0 aliphatic carbocycles. The van der Waals surface area contributed by atoms with Crippen molar-refractivity contribution in [1.82, 2.24) is 4.90 Å². The van der Waals surface area contributed by atoms with E-state index in [1.165, 1.54) is 32.5 Å². The predicted octanol–water partition coefficient (Wildman–Crippen LogP) is 2.14. The van der Waals surface area contributed by atoms with E-state index in [1.54, 1.807) is 0 Å². The predicted molar refractivity (Wildman–Crippen MR) is 53.5 cm³/mol. The maximum Gasteiger partial charge on any atom is 0.0466 e. The first-order valence-electron chi connectivity index (χ1n) is 5.15. The zero-order chi connectivity index (χ0) is 9.23. The van der Waals surface area contributed by atoms with E-state index in [4.69, 9.17) is 4.74 Å². The average Bonchev–Trinajstić information content (AvgIpc) is 2.64. The largest absolute Gasteiger partial charge is 0.381 e. The average molecular weight is 173 g/mol. The number of hydrogen-bond acceptors (Lipinski definition) is 2. The van der Waals surface area contributed by atoms with Crippen LogP contribution in [-0.2, 0) is 4.74 Å². The maximum absolute atomic E-state index is 4.94. The maximum atomic E-state index is 4.94. The normalized spacial score (nSPS) is 16.0. The van der Waals surface area contributed by atoms with Crippen LogP contribution in [0, 0.1) is 0 Å². The first-order valence-corrected chi connectivity index (χ1v) is 5.15. The standard InChI is InChI=1S/C6H15N.C4H8O/c1-4-7(5-2)6-3;1-2-4-5-3-1/h4-6H2,1-3H3;1-4H2. The second-order valence-corrected chi connectivity index (χ2v) is 2.94. The molecular weight excluding hydrogens is 150 g/mol. The molecule has 0 aromatic heterocycles. The van der Waals surface area contributed by atoms with Gasteiger partial charge in [-0.1, -0.05) is 20.8 Å². The van der Waals surface area contributed by atoms with Gasteiger partial charge in [-0.2, -0.15) is 0 Å². The van der Waals surface area contributed by atoms with E-state index in [1.807, 2.05) is 0 Å². The molecule has 2 nitrogen and oxygen atoms in total. The summed E-state index contributed by atoms with van der Waals surface area (Å²) >= 11 is 0. The Bertz CT molecular complexity index is 64.8. The Morgan fingerprint density at radius 3 is 1.42 bits per heavy atom. The van der Waals surface area contributed by atoms with E-state index in [0.717, 1.165) is 13.2 Å². The molecule has 0 unspecified atom stereocenters. The molecule has 0 radical (unpaired) electrons. The van der Waals surface area contributed by atoms with Crippen molar-refractivity contribution >= 4 is 0 Å². The van der Waals surface area contributed by atoms with Crippen molar-refractivity contribution in [3.05, 3.63) is 0 Å². The van der Waals surface area contributed by atoms with Crippen LogP contribution in [0.4, 0.5) is 0 Å². The second kappa shape index (κ2) is 9.01. The molecule has 0 bridgehead atoms. The Morgan fingerprint density at radius 2 is 1.33 bits per heavy atom. The third-order valence-electron chi connectivity index (χ3n) is 2.17.